The van der Waals surface area contributed by atoms with Gasteiger partial charge in [-0.05, 0) is 18.4 Å². The van der Waals surface area contributed by atoms with Crippen LogP contribution in [-0.4, -0.2) is 50.0 Å². The van der Waals surface area contributed by atoms with Crippen molar-refractivity contribution in [2.45, 2.75) is 6.10 Å². The zero-order chi connectivity index (χ0) is 13.2. The highest BCUT2D eigenvalue weighted by Gasteiger charge is 2.07. The van der Waals surface area contributed by atoms with E-state index in [4.69, 9.17) is 9.47 Å². The molecule has 0 saturated heterocycles. The zero-order valence-corrected chi connectivity index (χ0v) is 11.7. The number of benzene rings is 1. The molecular formula is C13H21NO3S. The van der Waals surface area contributed by atoms with Crippen molar-refractivity contribution in [2.75, 3.05) is 38.8 Å². The van der Waals surface area contributed by atoms with E-state index < -0.39 is 6.10 Å². The zero-order valence-electron chi connectivity index (χ0n) is 10.9. The van der Waals surface area contributed by atoms with Crippen LogP contribution in [0.4, 0.5) is 0 Å². The number of aliphatic hydroxyl groups is 1. The van der Waals surface area contributed by atoms with Crippen molar-refractivity contribution < 1.29 is 14.6 Å². The summed E-state index contributed by atoms with van der Waals surface area (Å²) in [5, 5.41) is 12.9. The molecule has 0 aliphatic heterocycles. The predicted octanol–water partition coefficient (Wildman–Crippen LogP) is 1.39. The largest absolute Gasteiger partial charge is 0.493 e. The average molecular weight is 271 g/mol. The van der Waals surface area contributed by atoms with Gasteiger partial charge in [-0.15, -0.1) is 0 Å². The van der Waals surface area contributed by atoms with E-state index >= 15 is 0 Å². The number of methoxy groups -OCH3 is 1. The Labute approximate surface area is 113 Å². The van der Waals surface area contributed by atoms with E-state index in [0.717, 1.165) is 12.3 Å². The molecule has 2 N–H and O–H groups in total. The van der Waals surface area contributed by atoms with Gasteiger partial charge in [0, 0.05) is 18.8 Å². The van der Waals surface area contributed by atoms with Gasteiger partial charge in [0.15, 0.2) is 11.5 Å². The van der Waals surface area contributed by atoms with E-state index in [1.54, 1.807) is 18.9 Å². The van der Waals surface area contributed by atoms with E-state index in [0.29, 0.717) is 18.0 Å². The number of para-hydroxylation sites is 2. The standard InChI is InChI=1S/C13H21NO3S/c1-16-12-5-3-4-6-13(12)17-10-11(15)9-14-7-8-18-2/h3-6,11,14-15H,7-10H2,1-2H3. The summed E-state index contributed by atoms with van der Waals surface area (Å²) < 4.78 is 10.7. The van der Waals surface area contributed by atoms with E-state index in [1.165, 1.54) is 0 Å². The monoisotopic (exact) mass is 271 g/mol. The van der Waals surface area contributed by atoms with Crippen LogP contribution in [0.25, 0.3) is 0 Å². The van der Waals surface area contributed by atoms with Gasteiger partial charge in [-0.3, -0.25) is 0 Å². The Hall–Kier alpha value is -0.910. The highest BCUT2D eigenvalue weighted by atomic mass is 32.2. The molecule has 5 heteroatoms. The molecule has 1 aromatic rings. The molecule has 0 aliphatic rings. The third kappa shape index (κ3) is 5.62. The minimum Gasteiger partial charge on any atom is -0.493 e. The molecule has 0 aliphatic carbocycles. The number of rotatable bonds is 9. The molecular weight excluding hydrogens is 250 g/mol. The second-order valence-electron chi connectivity index (χ2n) is 3.81. The summed E-state index contributed by atoms with van der Waals surface area (Å²) in [5.41, 5.74) is 0. The molecule has 18 heavy (non-hydrogen) atoms. The quantitative estimate of drug-likeness (QED) is 0.665. The molecule has 1 atom stereocenters. The molecule has 0 amide bonds. The lowest BCUT2D eigenvalue weighted by Crippen LogP contribution is -2.32. The molecule has 0 fully saturated rings. The third-order valence-electron chi connectivity index (χ3n) is 2.36. The van der Waals surface area contributed by atoms with Crippen LogP contribution in [-0.2, 0) is 0 Å². The lowest BCUT2D eigenvalue weighted by atomic mass is 10.3. The molecule has 1 unspecified atom stereocenters. The summed E-state index contributed by atoms with van der Waals surface area (Å²) in [6.07, 6.45) is 1.54. The first-order valence-electron chi connectivity index (χ1n) is 5.91. The van der Waals surface area contributed by atoms with E-state index in [1.807, 2.05) is 24.3 Å². The molecule has 0 spiro atoms. The van der Waals surface area contributed by atoms with Crippen LogP contribution in [0.5, 0.6) is 11.5 Å². The summed E-state index contributed by atoms with van der Waals surface area (Å²) >= 11 is 1.78. The Bertz CT molecular complexity index is 336. The third-order valence-corrected chi connectivity index (χ3v) is 2.98. The van der Waals surface area contributed by atoms with Crippen LogP contribution in [0.3, 0.4) is 0 Å². The van der Waals surface area contributed by atoms with Gasteiger partial charge in [0.2, 0.25) is 0 Å². The summed E-state index contributed by atoms with van der Waals surface area (Å²) in [5.74, 6) is 2.38. The lowest BCUT2D eigenvalue weighted by molar-refractivity contribution is 0.105. The molecule has 0 saturated carbocycles. The van der Waals surface area contributed by atoms with Crippen LogP contribution in [0, 0.1) is 0 Å². The second-order valence-corrected chi connectivity index (χ2v) is 4.80. The highest BCUT2D eigenvalue weighted by Crippen LogP contribution is 2.25. The van der Waals surface area contributed by atoms with Gasteiger partial charge in [0.1, 0.15) is 12.7 Å². The minimum atomic E-state index is -0.517. The number of hydrogen-bond acceptors (Lipinski definition) is 5. The first-order chi connectivity index (χ1) is 8.77. The summed E-state index contributed by atoms with van der Waals surface area (Å²) in [4.78, 5) is 0. The number of ether oxygens (including phenoxy) is 2. The Morgan fingerprint density at radius 1 is 1.33 bits per heavy atom. The van der Waals surface area contributed by atoms with Gasteiger partial charge in [-0.2, -0.15) is 11.8 Å². The molecule has 1 rings (SSSR count). The summed E-state index contributed by atoms with van der Waals surface area (Å²) in [6, 6.07) is 7.41. The van der Waals surface area contributed by atoms with Crippen LogP contribution in [0.2, 0.25) is 0 Å². The van der Waals surface area contributed by atoms with Crippen molar-refractivity contribution in [3.63, 3.8) is 0 Å². The molecule has 102 valence electrons. The minimum absolute atomic E-state index is 0.257. The number of thioether (sulfide) groups is 1. The number of hydrogen-bond donors (Lipinski definition) is 2. The maximum atomic E-state index is 9.74. The van der Waals surface area contributed by atoms with Gasteiger partial charge >= 0.3 is 0 Å². The van der Waals surface area contributed by atoms with E-state index in [9.17, 15) is 5.11 Å². The topological polar surface area (TPSA) is 50.7 Å². The molecule has 0 heterocycles. The van der Waals surface area contributed by atoms with Gasteiger partial charge < -0.3 is 19.9 Å². The molecule has 0 bridgehead atoms. The van der Waals surface area contributed by atoms with E-state index in [2.05, 4.69) is 11.6 Å². The van der Waals surface area contributed by atoms with Crippen molar-refractivity contribution in [1.29, 1.82) is 0 Å². The Balaban J connectivity index is 2.26. The summed E-state index contributed by atoms with van der Waals surface area (Å²) in [7, 11) is 1.60. The second kappa shape index (κ2) is 9.08. The fourth-order valence-electron chi connectivity index (χ4n) is 1.43. The molecule has 0 aromatic heterocycles. The Kier molecular flexibility index (Phi) is 7.64. The molecule has 1 aromatic carbocycles. The molecule has 0 radical (unpaired) electrons. The Morgan fingerprint density at radius 2 is 2.06 bits per heavy atom. The fraction of sp³-hybridized carbons (Fsp3) is 0.538. The van der Waals surface area contributed by atoms with E-state index in [-0.39, 0.29) is 6.61 Å². The highest BCUT2D eigenvalue weighted by molar-refractivity contribution is 7.98. The maximum Gasteiger partial charge on any atom is 0.161 e. The van der Waals surface area contributed by atoms with Crippen LogP contribution >= 0.6 is 11.8 Å². The fourth-order valence-corrected chi connectivity index (χ4v) is 1.77. The SMILES string of the molecule is COc1ccccc1OCC(O)CNCCSC. The average Bonchev–Trinajstić information content (AvgIpc) is 2.41. The van der Waals surface area contributed by atoms with Crippen molar-refractivity contribution in [1.82, 2.24) is 5.32 Å². The van der Waals surface area contributed by atoms with Gasteiger partial charge in [-0.25, -0.2) is 0 Å². The lowest BCUT2D eigenvalue weighted by Gasteiger charge is -2.14. The maximum absolute atomic E-state index is 9.74. The first kappa shape index (κ1) is 15.1. The smallest absolute Gasteiger partial charge is 0.161 e. The normalized spacial score (nSPS) is 12.2. The van der Waals surface area contributed by atoms with Crippen molar-refractivity contribution in [2.24, 2.45) is 0 Å². The van der Waals surface area contributed by atoms with Gasteiger partial charge in [0.05, 0.1) is 7.11 Å². The van der Waals surface area contributed by atoms with Gasteiger partial charge in [0.25, 0.3) is 0 Å². The summed E-state index contributed by atoms with van der Waals surface area (Å²) in [6.45, 7) is 1.69. The first-order valence-corrected chi connectivity index (χ1v) is 7.31. The number of nitrogens with one attached hydrogen (secondary N) is 1. The van der Waals surface area contributed by atoms with Crippen molar-refractivity contribution in [3.8, 4) is 11.5 Å². The van der Waals surface area contributed by atoms with Crippen LogP contribution < -0.4 is 14.8 Å². The van der Waals surface area contributed by atoms with Crippen LogP contribution in [0.15, 0.2) is 24.3 Å². The van der Waals surface area contributed by atoms with Crippen LogP contribution in [0.1, 0.15) is 0 Å². The van der Waals surface area contributed by atoms with Crippen molar-refractivity contribution in [3.05, 3.63) is 24.3 Å². The predicted molar refractivity (Wildman–Crippen MR) is 75.7 cm³/mol. The number of aliphatic hydroxyl groups excluding tert-OH is 1. The van der Waals surface area contributed by atoms with Gasteiger partial charge in [-0.1, -0.05) is 12.1 Å². The molecule has 4 nitrogen and oxygen atoms in total. The Morgan fingerprint density at radius 3 is 2.72 bits per heavy atom. The van der Waals surface area contributed by atoms with Crippen molar-refractivity contribution >= 4 is 11.8 Å².